The van der Waals surface area contributed by atoms with Gasteiger partial charge >= 0.3 is 6.03 Å². The minimum Gasteiger partial charge on any atom is -0.335 e. The fourth-order valence-electron chi connectivity index (χ4n) is 3.01. The Morgan fingerprint density at radius 1 is 1.12 bits per heavy atom. The van der Waals surface area contributed by atoms with Crippen LogP contribution in [0.3, 0.4) is 0 Å². The van der Waals surface area contributed by atoms with Gasteiger partial charge in [-0.15, -0.1) is 0 Å². The third-order valence-electron chi connectivity index (χ3n) is 4.80. The number of rotatable bonds is 5. The minimum absolute atomic E-state index is 0.0996. The molecule has 140 valence electrons. The summed E-state index contributed by atoms with van der Waals surface area (Å²) in [5, 5.41) is 3.01. The van der Waals surface area contributed by atoms with Crippen LogP contribution in [-0.4, -0.2) is 55.9 Å². The Balaban J connectivity index is 2.04. The molecule has 0 aromatic heterocycles. The number of amides is 2. The van der Waals surface area contributed by atoms with Crippen LogP contribution in [0.4, 0.5) is 4.79 Å². The number of carbonyl (C=O) groups excluding carboxylic acids is 1. The maximum Gasteiger partial charge on any atom is 0.317 e. The van der Waals surface area contributed by atoms with Crippen LogP contribution >= 0.6 is 0 Å². The van der Waals surface area contributed by atoms with Crippen molar-refractivity contribution in [2.75, 3.05) is 26.2 Å². The van der Waals surface area contributed by atoms with E-state index in [9.17, 15) is 13.2 Å². The highest BCUT2D eigenvalue weighted by Gasteiger charge is 2.31. The number of hydrogen-bond donors (Lipinski definition) is 1. The number of benzene rings is 1. The molecule has 0 aliphatic carbocycles. The molecular formula is C18H29N3O3S. The second-order valence-corrected chi connectivity index (χ2v) is 8.53. The number of nitrogens with one attached hydrogen (secondary N) is 1. The van der Waals surface area contributed by atoms with Crippen LogP contribution in [0.2, 0.25) is 0 Å². The van der Waals surface area contributed by atoms with Crippen molar-refractivity contribution in [2.45, 2.75) is 51.5 Å². The molecule has 0 unspecified atom stereocenters. The first kappa shape index (κ1) is 19.7. The SMILES string of the molecule is CCC(CC)NC(=O)N1CCN(S(=O)(=O)c2cc(C)ccc2C)CC1. The first-order chi connectivity index (χ1) is 11.8. The number of nitrogens with zero attached hydrogens (tertiary/aromatic N) is 2. The van der Waals surface area contributed by atoms with Gasteiger partial charge in [0.25, 0.3) is 0 Å². The first-order valence-corrected chi connectivity index (χ1v) is 10.4. The highest BCUT2D eigenvalue weighted by molar-refractivity contribution is 7.89. The van der Waals surface area contributed by atoms with Crippen molar-refractivity contribution in [3.05, 3.63) is 29.3 Å². The Morgan fingerprint density at radius 3 is 2.28 bits per heavy atom. The summed E-state index contributed by atoms with van der Waals surface area (Å²) < 4.78 is 27.3. The molecule has 1 N–H and O–H groups in total. The van der Waals surface area contributed by atoms with Crippen LogP contribution < -0.4 is 5.32 Å². The van der Waals surface area contributed by atoms with E-state index in [0.29, 0.717) is 31.1 Å². The van der Waals surface area contributed by atoms with Gasteiger partial charge in [0.2, 0.25) is 10.0 Å². The first-order valence-electron chi connectivity index (χ1n) is 8.92. The second-order valence-electron chi connectivity index (χ2n) is 6.62. The summed E-state index contributed by atoms with van der Waals surface area (Å²) in [6.45, 7) is 9.26. The summed E-state index contributed by atoms with van der Waals surface area (Å²) in [7, 11) is -3.52. The molecule has 25 heavy (non-hydrogen) atoms. The summed E-state index contributed by atoms with van der Waals surface area (Å²) in [6, 6.07) is 5.54. The molecule has 1 aliphatic heterocycles. The van der Waals surface area contributed by atoms with Crippen molar-refractivity contribution in [3.8, 4) is 0 Å². The maximum absolute atomic E-state index is 12.9. The molecule has 1 aromatic carbocycles. The minimum atomic E-state index is -3.52. The molecule has 0 atom stereocenters. The van der Waals surface area contributed by atoms with E-state index in [0.717, 1.165) is 24.0 Å². The van der Waals surface area contributed by atoms with E-state index in [1.54, 1.807) is 11.0 Å². The van der Waals surface area contributed by atoms with Crippen LogP contribution in [-0.2, 0) is 10.0 Å². The van der Waals surface area contributed by atoms with E-state index in [-0.39, 0.29) is 12.1 Å². The predicted octanol–water partition coefficient (Wildman–Crippen LogP) is 2.51. The molecule has 0 radical (unpaired) electrons. The number of sulfonamides is 1. The van der Waals surface area contributed by atoms with E-state index < -0.39 is 10.0 Å². The zero-order chi connectivity index (χ0) is 18.6. The summed E-state index contributed by atoms with van der Waals surface area (Å²) in [5.41, 5.74) is 1.67. The average molecular weight is 368 g/mol. The van der Waals surface area contributed by atoms with E-state index in [2.05, 4.69) is 5.32 Å². The van der Waals surface area contributed by atoms with E-state index in [1.165, 1.54) is 4.31 Å². The van der Waals surface area contributed by atoms with Gasteiger partial charge in [-0.1, -0.05) is 26.0 Å². The van der Waals surface area contributed by atoms with Crippen molar-refractivity contribution in [3.63, 3.8) is 0 Å². The molecule has 1 heterocycles. The van der Waals surface area contributed by atoms with Gasteiger partial charge in [-0.2, -0.15) is 4.31 Å². The third-order valence-corrected chi connectivity index (χ3v) is 6.84. The monoisotopic (exact) mass is 367 g/mol. The van der Waals surface area contributed by atoms with E-state index >= 15 is 0 Å². The molecular weight excluding hydrogens is 338 g/mol. The standard InChI is InChI=1S/C18H29N3O3S/c1-5-16(6-2)19-18(22)20-9-11-21(12-10-20)25(23,24)17-13-14(3)7-8-15(17)4/h7-8,13,16H,5-6,9-12H2,1-4H3,(H,19,22). The van der Waals surface area contributed by atoms with E-state index in [1.807, 2.05) is 39.8 Å². The third kappa shape index (κ3) is 4.52. The fourth-order valence-corrected chi connectivity index (χ4v) is 4.75. The number of carbonyl (C=O) groups is 1. The molecule has 1 fully saturated rings. The quantitative estimate of drug-likeness (QED) is 0.869. The second kappa shape index (κ2) is 8.19. The molecule has 7 heteroatoms. The smallest absolute Gasteiger partial charge is 0.317 e. The Kier molecular flexibility index (Phi) is 6.46. The van der Waals surface area contributed by atoms with Gasteiger partial charge < -0.3 is 10.2 Å². The summed E-state index contributed by atoms with van der Waals surface area (Å²) in [6.07, 6.45) is 1.78. The molecule has 2 rings (SSSR count). The number of hydrogen-bond acceptors (Lipinski definition) is 3. The topological polar surface area (TPSA) is 69.7 Å². The van der Waals surface area contributed by atoms with Crippen molar-refractivity contribution in [1.29, 1.82) is 0 Å². The molecule has 0 spiro atoms. The normalized spacial score (nSPS) is 16.3. The lowest BCUT2D eigenvalue weighted by Crippen LogP contribution is -2.54. The summed E-state index contributed by atoms with van der Waals surface area (Å²) in [4.78, 5) is 14.4. The van der Waals surface area contributed by atoms with Crippen molar-refractivity contribution in [2.24, 2.45) is 0 Å². The molecule has 1 aromatic rings. The van der Waals surface area contributed by atoms with Gasteiger partial charge in [-0.05, 0) is 43.9 Å². The van der Waals surface area contributed by atoms with Gasteiger partial charge in [0.05, 0.1) is 4.90 Å². The number of aryl methyl sites for hydroxylation is 2. The zero-order valence-electron chi connectivity index (χ0n) is 15.6. The molecule has 1 saturated heterocycles. The van der Waals surface area contributed by atoms with Crippen LogP contribution in [0.1, 0.15) is 37.8 Å². The Hall–Kier alpha value is -1.60. The lowest BCUT2D eigenvalue weighted by atomic mass is 10.2. The highest BCUT2D eigenvalue weighted by Crippen LogP contribution is 2.22. The molecule has 1 aliphatic rings. The largest absolute Gasteiger partial charge is 0.335 e. The molecule has 0 bridgehead atoms. The summed E-state index contributed by atoms with van der Waals surface area (Å²) >= 11 is 0. The fraction of sp³-hybridized carbons (Fsp3) is 0.611. The number of piperazine rings is 1. The van der Waals surface area contributed by atoms with Crippen molar-refractivity contribution in [1.82, 2.24) is 14.5 Å². The Morgan fingerprint density at radius 2 is 1.72 bits per heavy atom. The van der Waals surface area contributed by atoms with Crippen LogP contribution in [0.25, 0.3) is 0 Å². The maximum atomic E-state index is 12.9. The van der Waals surface area contributed by atoms with Crippen molar-refractivity contribution >= 4 is 16.1 Å². The highest BCUT2D eigenvalue weighted by atomic mass is 32.2. The van der Waals surface area contributed by atoms with Gasteiger partial charge in [-0.25, -0.2) is 13.2 Å². The lowest BCUT2D eigenvalue weighted by Gasteiger charge is -2.35. The van der Waals surface area contributed by atoms with E-state index in [4.69, 9.17) is 0 Å². The lowest BCUT2D eigenvalue weighted by molar-refractivity contribution is 0.168. The molecule has 0 saturated carbocycles. The zero-order valence-corrected chi connectivity index (χ0v) is 16.4. The average Bonchev–Trinajstić information content (AvgIpc) is 2.61. The number of urea groups is 1. The molecule has 2 amide bonds. The van der Waals surface area contributed by atoms with Gasteiger partial charge in [-0.3, -0.25) is 0 Å². The van der Waals surface area contributed by atoms with Crippen LogP contribution in [0, 0.1) is 13.8 Å². The Bertz CT molecular complexity index is 706. The Labute approximate surface area is 151 Å². The van der Waals surface area contributed by atoms with Gasteiger partial charge in [0.1, 0.15) is 0 Å². The van der Waals surface area contributed by atoms with Crippen LogP contribution in [0.5, 0.6) is 0 Å². The van der Waals surface area contributed by atoms with Gasteiger partial charge in [0, 0.05) is 32.2 Å². The van der Waals surface area contributed by atoms with Crippen LogP contribution in [0.15, 0.2) is 23.1 Å². The van der Waals surface area contributed by atoms with Crippen molar-refractivity contribution < 1.29 is 13.2 Å². The van der Waals surface area contributed by atoms with Gasteiger partial charge in [0.15, 0.2) is 0 Å². The predicted molar refractivity (Wildman–Crippen MR) is 99.1 cm³/mol. The summed E-state index contributed by atoms with van der Waals surface area (Å²) in [5.74, 6) is 0. The molecule has 6 nitrogen and oxygen atoms in total.